The van der Waals surface area contributed by atoms with E-state index in [1.165, 1.54) is 28.4 Å². The minimum absolute atomic E-state index is 0.0716. The first kappa shape index (κ1) is 39.4. The van der Waals surface area contributed by atoms with Crippen LogP contribution in [0.5, 0.6) is 5.75 Å². The molecule has 2 aliphatic heterocycles. The maximum absolute atomic E-state index is 13.9. The molecule has 0 bridgehead atoms. The van der Waals surface area contributed by atoms with E-state index >= 15 is 0 Å². The summed E-state index contributed by atoms with van der Waals surface area (Å²) in [5.74, 6) is -3.81. The van der Waals surface area contributed by atoms with Gasteiger partial charge in [-0.15, -0.1) is 11.3 Å². The molecule has 13 nitrogen and oxygen atoms in total. The third kappa shape index (κ3) is 9.97. The number of aliphatic carboxylic acids is 1. The average Bonchev–Trinajstić information content (AvgIpc) is 3.68. The van der Waals surface area contributed by atoms with E-state index in [4.69, 9.17) is 30.8 Å². The van der Waals surface area contributed by atoms with Crippen LogP contribution in [-0.2, 0) is 30.8 Å². The number of hydrogen-bond acceptors (Lipinski definition) is 10. The van der Waals surface area contributed by atoms with Crippen molar-refractivity contribution in [3.8, 4) is 16.4 Å². The molecular formula is C31H33ClF5N5O8S2. The smallest absolute Gasteiger partial charge is 0.475 e. The fraction of sp³-hybridized carbons (Fsp3) is 0.484. The summed E-state index contributed by atoms with van der Waals surface area (Å²) >= 11 is 7.33. The van der Waals surface area contributed by atoms with Crippen molar-refractivity contribution in [2.24, 2.45) is 0 Å². The number of nitrogens with one attached hydrogen (secondary N) is 1. The fourth-order valence-corrected chi connectivity index (χ4v) is 8.11. The van der Waals surface area contributed by atoms with Crippen LogP contribution in [0.25, 0.3) is 10.6 Å². The van der Waals surface area contributed by atoms with Gasteiger partial charge in [-0.25, -0.2) is 13.2 Å². The van der Waals surface area contributed by atoms with Crippen LogP contribution in [-0.4, -0.2) is 104 Å². The Balaban J connectivity index is 0.000000679. The number of anilines is 1. The van der Waals surface area contributed by atoms with E-state index in [0.29, 0.717) is 65.7 Å². The SMILES string of the molecule is O=C(C(Cc1cc(-c2ccc(Cl)s2)on1)NS(=O)(=O)c1cccc(N2CCCCC2=O)c1OC(F)F)N1CCN(C2CC2)CC1.O=C(O)C(F)(F)F. The summed E-state index contributed by atoms with van der Waals surface area (Å²) in [6.07, 6.45) is -1.53. The van der Waals surface area contributed by atoms with Crippen molar-refractivity contribution in [1.82, 2.24) is 19.7 Å². The molecule has 0 radical (unpaired) electrons. The van der Waals surface area contributed by atoms with E-state index in [1.54, 1.807) is 23.1 Å². The molecule has 1 atom stereocenters. The van der Waals surface area contributed by atoms with Crippen molar-refractivity contribution < 1.29 is 59.1 Å². The van der Waals surface area contributed by atoms with Gasteiger partial charge in [0.25, 0.3) is 0 Å². The van der Waals surface area contributed by atoms with Gasteiger partial charge in [0.05, 0.1) is 20.6 Å². The van der Waals surface area contributed by atoms with E-state index in [2.05, 4.69) is 14.8 Å². The second kappa shape index (κ2) is 16.4. The van der Waals surface area contributed by atoms with Crippen LogP contribution in [0.3, 0.4) is 0 Å². The number of ether oxygens (including phenoxy) is 1. The number of hydrogen-bond donors (Lipinski definition) is 2. The molecule has 4 heterocycles. The molecule has 1 aliphatic carbocycles. The molecule has 1 saturated carbocycles. The first-order chi connectivity index (χ1) is 24.5. The predicted molar refractivity (Wildman–Crippen MR) is 177 cm³/mol. The fourth-order valence-electron chi connectivity index (χ4n) is 5.77. The van der Waals surface area contributed by atoms with Gasteiger partial charge in [-0.2, -0.15) is 26.7 Å². The molecule has 2 N–H and O–H groups in total. The Morgan fingerprint density at radius 1 is 1.10 bits per heavy atom. The summed E-state index contributed by atoms with van der Waals surface area (Å²) in [6.45, 7) is -0.967. The van der Waals surface area contributed by atoms with Crippen LogP contribution in [0.4, 0.5) is 27.6 Å². The Morgan fingerprint density at radius 3 is 2.37 bits per heavy atom. The summed E-state index contributed by atoms with van der Waals surface area (Å²) in [4.78, 5) is 40.7. The Labute approximate surface area is 303 Å². The summed E-state index contributed by atoms with van der Waals surface area (Å²) in [6, 6.07) is 8.10. The van der Waals surface area contributed by atoms with Gasteiger partial charge in [0.1, 0.15) is 10.9 Å². The molecule has 21 heteroatoms. The number of halogens is 6. The van der Waals surface area contributed by atoms with Gasteiger partial charge in [0.2, 0.25) is 21.8 Å². The molecule has 2 amide bonds. The zero-order valence-corrected chi connectivity index (χ0v) is 29.5. The maximum atomic E-state index is 13.9. The number of aromatic nitrogens is 1. The lowest BCUT2D eigenvalue weighted by atomic mass is 10.1. The first-order valence-electron chi connectivity index (χ1n) is 16.0. The number of thiophene rings is 1. The third-order valence-electron chi connectivity index (χ3n) is 8.38. The number of piperidine rings is 1. The second-order valence-electron chi connectivity index (χ2n) is 12.0. The number of benzene rings is 1. The van der Waals surface area contributed by atoms with Crippen LogP contribution in [0.1, 0.15) is 37.8 Å². The summed E-state index contributed by atoms with van der Waals surface area (Å²) in [7, 11) is -4.65. The van der Waals surface area contributed by atoms with Gasteiger partial charge in [-0.3, -0.25) is 14.5 Å². The van der Waals surface area contributed by atoms with E-state index in [1.807, 2.05) is 0 Å². The average molecular weight is 798 g/mol. The Bertz CT molecular complexity index is 1860. The van der Waals surface area contributed by atoms with E-state index in [0.717, 1.165) is 18.9 Å². The molecule has 1 unspecified atom stereocenters. The summed E-state index contributed by atoms with van der Waals surface area (Å²) < 4.78 is 100. The molecule has 0 spiro atoms. The van der Waals surface area contributed by atoms with Gasteiger partial charge < -0.3 is 24.2 Å². The highest BCUT2D eigenvalue weighted by molar-refractivity contribution is 7.89. The van der Waals surface area contributed by atoms with Gasteiger partial charge in [-0.05, 0) is 49.9 Å². The normalized spacial score (nSPS) is 17.9. The number of para-hydroxylation sites is 1. The van der Waals surface area contributed by atoms with Crippen LogP contribution < -0.4 is 14.4 Å². The molecule has 2 saturated heterocycles. The minimum Gasteiger partial charge on any atom is -0.475 e. The first-order valence-corrected chi connectivity index (χ1v) is 18.7. The molecule has 3 aliphatic rings. The molecule has 52 heavy (non-hydrogen) atoms. The van der Waals surface area contributed by atoms with Crippen molar-refractivity contribution in [3.05, 3.63) is 46.4 Å². The molecule has 284 valence electrons. The molecule has 2 aromatic heterocycles. The van der Waals surface area contributed by atoms with Crippen molar-refractivity contribution in [1.29, 1.82) is 0 Å². The maximum Gasteiger partial charge on any atom is 0.490 e. The zero-order chi connectivity index (χ0) is 37.8. The minimum atomic E-state index is -5.08. The lowest BCUT2D eigenvalue weighted by Crippen LogP contribution is -2.55. The van der Waals surface area contributed by atoms with Gasteiger partial charge >= 0.3 is 18.8 Å². The molecular weight excluding hydrogens is 765 g/mol. The molecule has 1 aromatic carbocycles. The lowest BCUT2D eigenvalue weighted by molar-refractivity contribution is -0.192. The topological polar surface area (TPSA) is 163 Å². The highest BCUT2D eigenvalue weighted by Gasteiger charge is 2.39. The number of carbonyl (C=O) groups is 3. The molecule has 3 fully saturated rings. The van der Waals surface area contributed by atoms with E-state index < -0.39 is 51.4 Å². The van der Waals surface area contributed by atoms with Crippen molar-refractivity contribution in [2.75, 3.05) is 37.6 Å². The lowest BCUT2D eigenvalue weighted by Gasteiger charge is -2.36. The second-order valence-corrected chi connectivity index (χ2v) is 15.4. The zero-order valence-electron chi connectivity index (χ0n) is 27.2. The van der Waals surface area contributed by atoms with Gasteiger partial charge in [0.15, 0.2) is 11.5 Å². The molecule has 6 rings (SSSR count). The highest BCUT2D eigenvalue weighted by Crippen LogP contribution is 2.38. The number of carboxylic acids is 1. The van der Waals surface area contributed by atoms with Crippen LogP contribution >= 0.6 is 22.9 Å². The van der Waals surface area contributed by atoms with Crippen LogP contribution in [0, 0.1) is 0 Å². The summed E-state index contributed by atoms with van der Waals surface area (Å²) in [5, 5.41) is 11.2. The third-order valence-corrected chi connectivity index (χ3v) is 11.1. The Morgan fingerprint density at radius 2 is 1.79 bits per heavy atom. The Hall–Kier alpha value is -3.85. The number of amides is 2. The van der Waals surface area contributed by atoms with Crippen molar-refractivity contribution in [2.45, 2.75) is 68.3 Å². The number of nitrogens with zero attached hydrogens (tertiary/aromatic N) is 4. The van der Waals surface area contributed by atoms with Gasteiger partial charge in [0, 0.05) is 57.7 Å². The largest absolute Gasteiger partial charge is 0.490 e. The highest BCUT2D eigenvalue weighted by atomic mass is 35.5. The number of sulfonamides is 1. The number of alkyl halides is 5. The number of piperazine rings is 1. The van der Waals surface area contributed by atoms with Crippen LogP contribution in [0.15, 0.2) is 45.8 Å². The monoisotopic (exact) mass is 797 g/mol. The number of carboxylic acid groups (broad SMARTS) is 1. The van der Waals surface area contributed by atoms with Crippen molar-refractivity contribution in [3.63, 3.8) is 0 Å². The van der Waals surface area contributed by atoms with Crippen molar-refractivity contribution >= 4 is 56.4 Å². The predicted octanol–water partition coefficient (Wildman–Crippen LogP) is 5.00. The van der Waals surface area contributed by atoms with E-state index in [-0.39, 0.29) is 31.0 Å². The Kier molecular flexibility index (Phi) is 12.4. The quantitative estimate of drug-likeness (QED) is 0.253. The van der Waals surface area contributed by atoms with E-state index in [9.17, 15) is 40.0 Å². The van der Waals surface area contributed by atoms with Gasteiger partial charge in [-0.1, -0.05) is 22.8 Å². The number of carbonyl (C=O) groups excluding carboxylic acids is 2. The molecule has 3 aromatic rings. The standard InChI is InChI=1S/C29H32ClF2N5O6S2.C2HF3O2/c30-25-10-9-23(44-25)22-17-18(33-43-22)16-20(28(39)36-14-12-35(13-15-36)19-7-8-19)34-45(40,41)24-5-3-4-21(27(24)42-29(31)32)37-11-2-1-6-26(37)38;3-2(4,5)1(6)7/h3-5,9-10,17,19-20,29,34H,1-2,6-8,11-16H2;(H,6,7). The number of rotatable bonds is 11. The van der Waals surface area contributed by atoms with Crippen LogP contribution in [0.2, 0.25) is 4.34 Å². The summed E-state index contributed by atoms with van der Waals surface area (Å²) in [5.41, 5.74) is 0.238.